The minimum atomic E-state index is -0.231. The van der Waals surface area contributed by atoms with E-state index in [2.05, 4.69) is 5.32 Å². The Labute approximate surface area is 105 Å². The summed E-state index contributed by atoms with van der Waals surface area (Å²) in [4.78, 5) is 0. The number of aryl methyl sites for hydroxylation is 1. The number of ether oxygens (including phenoxy) is 2. The number of morpholine rings is 1. The van der Waals surface area contributed by atoms with Crippen LogP contribution >= 0.6 is 11.6 Å². The molecule has 17 heavy (non-hydrogen) atoms. The van der Waals surface area contributed by atoms with Gasteiger partial charge in [-0.25, -0.2) is 0 Å². The lowest BCUT2D eigenvalue weighted by atomic mass is 10.0. The quantitative estimate of drug-likeness (QED) is 0.851. The summed E-state index contributed by atoms with van der Waals surface area (Å²) in [7, 11) is 1.52. The molecule has 0 amide bonds. The number of aromatic hydroxyl groups is 1. The van der Waals surface area contributed by atoms with E-state index in [-0.39, 0.29) is 11.9 Å². The first-order valence-corrected chi connectivity index (χ1v) is 5.91. The van der Waals surface area contributed by atoms with E-state index in [0.29, 0.717) is 29.5 Å². The molecule has 0 spiro atoms. The zero-order valence-electron chi connectivity index (χ0n) is 9.92. The van der Waals surface area contributed by atoms with Crippen molar-refractivity contribution in [2.45, 2.75) is 13.0 Å². The van der Waals surface area contributed by atoms with Gasteiger partial charge in [0.05, 0.1) is 18.7 Å². The molecular formula is C12H16ClNO3. The van der Waals surface area contributed by atoms with Crippen molar-refractivity contribution < 1.29 is 14.6 Å². The molecule has 0 aliphatic carbocycles. The molecule has 1 aliphatic heterocycles. The third kappa shape index (κ3) is 2.34. The summed E-state index contributed by atoms with van der Waals surface area (Å²) in [6.07, 6.45) is -0.231. The second kappa shape index (κ2) is 5.12. The Balaban J connectivity index is 2.46. The van der Waals surface area contributed by atoms with Gasteiger partial charge in [-0.3, -0.25) is 0 Å². The average Bonchev–Trinajstić information content (AvgIpc) is 2.35. The van der Waals surface area contributed by atoms with Gasteiger partial charge in [0.1, 0.15) is 6.10 Å². The summed E-state index contributed by atoms with van der Waals surface area (Å²) in [5.41, 5.74) is 1.47. The average molecular weight is 258 g/mol. The van der Waals surface area contributed by atoms with Crippen molar-refractivity contribution in [2.75, 3.05) is 26.8 Å². The van der Waals surface area contributed by atoms with Crippen LogP contribution in [0.4, 0.5) is 0 Å². The lowest BCUT2D eigenvalue weighted by Gasteiger charge is -2.26. The Hall–Kier alpha value is -0.970. The largest absolute Gasteiger partial charge is 0.504 e. The maximum Gasteiger partial charge on any atom is 0.165 e. The molecule has 1 aromatic carbocycles. The van der Waals surface area contributed by atoms with E-state index in [1.54, 1.807) is 6.07 Å². The molecule has 0 bridgehead atoms. The van der Waals surface area contributed by atoms with Gasteiger partial charge in [-0.15, -0.1) is 0 Å². The van der Waals surface area contributed by atoms with Crippen molar-refractivity contribution in [2.24, 2.45) is 0 Å². The van der Waals surface area contributed by atoms with Gasteiger partial charge in [0.15, 0.2) is 11.5 Å². The van der Waals surface area contributed by atoms with Crippen molar-refractivity contribution in [1.29, 1.82) is 0 Å². The SMILES string of the molecule is COc1cc(C)c(Cl)c(C2CNCCO2)c1O. The molecule has 1 aliphatic rings. The number of rotatable bonds is 2. The lowest BCUT2D eigenvalue weighted by Crippen LogP contribution is -2.33. The third-order valence-corrected chi connectivity index (χ3v) is 3.39. The maximum absolute atomic E-state index is 10.1. The Morgan fingerprint density at radius 3 is 2.94 bits per heavy atom. The van der Waals surface area contributed by atoms with Gasteiger partial charge < -0.3 is 19.9 Å². The summed E-state index contributed by atoms with van der Waals surface area (Å²) in [5, 5.41) is 13.9. The minimum absolute atomic E-state index is 0.0665. The fourth-order valence-corrected chi connectivity index (χ4v) is 2.24. The number of methoxy groups -OCH3 is 1. The van der Waals surface area contributed by atoms with E-state index in [4.69, 9.17) is 21.1 Å². The molecule has 1 unspecified atom stereocenters. The Morgan fingerprint density at radius 1 is 1.59 bits per heavy atom. The topological polar surface area (TPSA) is 50.7 Å². The zero-order chi connectivity index (χ0) is 12.4. The fourth-order valence-electron chi connectivity index (χ4n) is 1.98. The number of nitrogens with one attached hydrogen (secondary N) is 1. The van der Waals surface area contributed by atoms with E-state index in [9.17, 15) is 5.11 Å². The van der Waals surface area contributed by atoms with Crippen molar-refractivity contribution in [3.63, 3.8) is 0 Å². The number of hydrogen-bond acceptors (Lipinski definition) is 4. The van der Waals surface area contributed by atoms with E-state index in [0.717, 1.165) is 12.1 Å². The molecule has 2 rings (SSSR count). The molecule has 5 heteroatoms. The number of phenols is 1. The summed E-state index contributed by atoms with van der Waals surface area (Å²) >= 11 is 6.24. The first-order chi connectivity index (χ1) is 8.15. The van der Waals surface area contributed by atoms with Gasteiger partial charge in [0.2, 0.25) is 0 Å². The molecule has 1 saturated heterocycles. The van der Waals surface area contributed by atoms with Crippen molar-refractivity contribution in [3.8, 4) is 11.5 Å². The highest BCUT2D eigenvalue weighted by Gasteiger charge is 2.25. The molecule has 2 N–H and O–H groups in total. The Bertz CT molecular complexity index is 417. The van der Waals surface area contributed by atoms with Crippen LogP contribution in [0.3, 0.4) is 0 Å². The molecular weight excluding hydrogens is 242 g/mol. The Morgan fingerprint density at radius 2 is 2.35 bits per heavy atom. The van der Waals surface area contributed by atoms with Crippen molar-refractivity contribution in [1.82, 2.24) is 5.32 Å². The van der Waals surface area contributed by atoms with E-state index in [1.807, 2.05) is 6.92 Å². The first kappa shape index (κ1) is 12.5. The van der Waals surface area contributed by atoms with Gasteiger partial charge in [0.25, 0.3) is 0 Å². The highest BCUT2D eigenvalue weighted by atomic mass is 35.5. The minimum Gasteiger partial charge on any atom is -0.504 e. The van der Waals surface area contributed by atoms with Crippen LogP contribution in [0.15, 0.2) is 6.07 Å². The maximum atomic E-state index is 10.1. The van der Waals surface area contributed by atoms with Crippen LogP contribution in [-0.2, 0) is 4.74 Å². The van der Waals surface area contributed by atoms with Gasteiger partial charge in [-0.05, 0) is 18.6 Å². The summed E-state index contributed by atoms with van der Waals surface area (Å²) in [6.45, 7) is 3.94. The van der Waals surface area contributed by atoms with Crippen LogP contribution in [0.25, 0.3) is 0 Å². The second-order valence-corrected chi connectivity index (χ2v) is 4.41. The van der Waals surface area contributed by atoms with Crippen LogP contribution in [0.2, 0.25) is 5.02 Å². The van der Waals surface area contributed by atoms with E-state index >= 15 is 0 Å². The lowest BCUT2D eigenvalue weighted by molar-refractivity contribution is 0.0261. The smallest absolute Gasteiger partial charge is 0.165 e. The number of hydrogen-bond donors (Lipinski definition) is 2. The van der Waals surface area contributed by atoms with Crippen LogP contribution < -0.4 is 10.1 Å². The van der Waals surface area contributed by atoms with Crippen LogP contribution in [0.5, 0.6) is 11.5 Å². The molecule has 1 heterocycles. The molecule has 0 radical (unpaired) electrons. The third-order valence-electron chi connectivity index (χ3n) is 2.89. The predicted molar refractivity (Wildman–Crippen MR) is 66.0 cm³/mol. The number of phenolic OH excluding ortho intramolecular Hbond substituents is 1. The summed E-state index contributed by atoms with van der Waals surface area (Å²) in [5.74, 6) is 0.493. The summed E-state index contributed by atoms with van der Waals surface area (Å²) < 4.78 is 10.7. The molecule has 1 fully saturated rings. The molecule has 0 saturated carbocycles. The predicted octanol–water partition coefficient (Wildman–Crippen LogP) is 2.02. The highest BCUT2D eigenvalue weighted by molar-refractivity contribution is 6.32. The Kier molecular flexibility index (Phi) is 3.76. The highest BCUT2D eigenvalue weighted by Crippen LogP contribution is 2.42. The first-order valence-electron chi connectivity index (χ1n) is 5.53. The standard InChI is InChI=1S/C12H16ClNO3/c1-7-5-8(16-2)12(15)10(11(7)13)9-6-14-3-4-17-9/h5,9,14-15H,3-4,6H2,1-2H3. The molecule has 94 valence electrons. The number of benzene rings is 1. The molecule has 4 nitrogen and oxygen atoms in total. The fraction of sp³-hybridized carbons (Fsp3) is 0.500. The molecule has 1 aromatic rings. The normalized spacial score (nSPS) is 20.3. The van der Waals surface area contributed by atoms with Crippen molar-refractivity contribution >= 4 is 11.6 Å². The van der Waals surface area contributed by atoms with Crippen molar-refractivity contribution in [3.05, 3.63) is 22.2 Å². The molecule has 1 atom stereocenters. The number of halogens is 1. The van der Waals surface area contributed by atoms with E-state index in [1.165, 1.54) is 7.11 Å². The second-order valence-electron chi connectivity index (χ2n) is 4.04. The van der Waals surface area contributed by atoms with Crippen LogP contribution in [-0.4, -0.2) is 31.9 Å². The summed E-state index contributed by atoms with van der Waals surface area (Å²) in [6, 6.07) is 1.72. The zero-order valence-corrected chi connectivity index (χ0v) is 10.7. The van der Waals surface area contributed by atoms with Crippen LogP contribution in [0.1, 0.15) is 17.2 Å². The van der Waals surface area contributed by atoms with Gasteiger partial charge in [-0.1, -0.05) is 11.6 Å². The van der Waals surface area contributed by atoms with Gasteiger partial charge in [-0.2, -0.15) is 0 Å². The van der Waals surface area contributed by atoms with E-state index < -0.39 is 0 Å². The van der Waals surface area contributed by atoms with Crippen LogP contribution in [0, 0.1) is 6.92 Å². The monoisotopic (exact) mass is 257 g/mol. The van der Waals surface area contributed by atoms with Gasteiger partial charge >= 0.3 is 0 Å². The van der Waals surface area contributed by atoms with Gasteiger partial charge in [0, 0.05) is 18.7 Å². The molecule has 0 aromatic heterocycles.